The highest BCUT2D eigenvalue weighted by Gasteiger charge is 2.43. The predicted octanol–water partition coefficient (Wildman–Crippen LogP) is 2.92. The van der Waals surface area contributed by atoms with E-state index in [9.17, 15) is 13.2 Å². The number of anilines is 2. The Hall–Kier alpha value is -2.38. The van der Waals surface area contributed by atoms with Gasteiger partial charge in [0.1, 0.15) is 11.0 Å². The van der Waals surface area contributed by atoms with Crippen molar-refractivity contribution in [1.29, 1.82) is 0 Å². The number of hydrogen-bond acceptors (Lipinski definition) is 7. The minimum atomic E-state index is -3.79. The molecule has 1 saturated carbocycles. The highest BCUT2D eigenvalue weighted by atomic mass is 35.5. The van der Waals surface area contributed by atoms with Crippen molar-refractivity contribution in [2.75, 3.05) is 42.5 Å². The van der Waals surface area contributed by atoms with Crippen LogP contribution in [-0.4, -0.2) is 68.4 Å². The summed E-state index contributed by atoms with van der Waals surface area (Å²) in [6, 6.07) is 8.50. The molecule has 0 bridgehead atoms. The van der Waals surface area contributed by atoms with Gasteiger partial charge in [0.25, 0.3) is 5.92 Å². The highest BCUT2D eigenvalue weighted by molar-refractivity contribution is 7.89. The monoisotopic (exact) mass is 582 g/mol. The fourth-order valence-electron chi connectivity index (χ4n) is 5.64. The number of benzene rings is 1. The number of pyridine rings is 1. The lowest BCUT2D eigenvalue weighted by atomic mass is 9.80. The molecule has 9 nitrogen and oxygen atoms in total. The number of hydrogen-bond donors (Lipinski definition) is 2. The maximum atomic E-state index is 15.4. The molecular formula is C26H33ClF2N6O3S. The van der Waals surface area contributed by atoms with Crippen LogP contribution in [0.5, 0.6) is 0 Å². The first kappa shape index (κ1) is 28.2. The maximum Gasteiger partial charge on any atom is 0.276 e. The number of amides is 1. The summed E-state index contributed by atoms with van der Waals surface area (Å²) in [6.07, 6.45) is 2.09. The third-order valence-corrected chi connectivity index (χ3v) is 10.1. The molecule has 5 rings (SSSR count). The SMILES string of the molecule is NC1CCC(C(F)(F)c2cc(Cl)nc(N3CCN(S(=O)(=O)c4ccc(N5C[C@H](N)CC5=O)cc4)CC3)c2)CC1. The summed E-state index contributed by atoms with van der Waals surface area (Å²) in [7, 11) is -3.79. The van der Waals surface area contributed by atoms with Crippen LogP contribution >= 0.6 is 11.6 Å². The first-order valence-electron chi connectivity index (χ1n) is 13.2. The Bertz CT molecular complexity index is 1310. The Kier molecular flexibility index (Phi) is 7.86. The molecule has 3 fully saturated rings. The number of rotatable bonds is 6. The van der Waals surface area contributed by atoms with E-state index in [4.69, 9.17) is 23.1 Å². The summed E-state index contributed by atoms with van der Waals surface area (Å²) in [5.74, 6) is -3.66. The molecule has 13 heteroatoms. The van der Waals surface area contributed by atoms with Gasteiger partial charge in [0.15, 0.2) is 0 Å². The third kappa shape index (κ3) is 5.76. The van der Waals surface area contributed by atoms with Crippen LogP contribution in [0.1, 0.15) is 37.7 Å². The normalized spacial score (nSPS) is 25.4. The van der Waals surface area contributed by atoms with Crippen molar-refractivity contribution in [3.8, 4) is 0 Å². The number of piperazine rings is 1. The van der Waals surface area contributed by atoms with Gasteiger partial charge >= 0.3 is 0 Å². The molecule has 2 aromatic rings. The summed E-state index contributed by atoms with van der Waals surface area (Å²) in [5, 5.41) is -0.0257. The number of alkyl halides is 2. The van der Waals surface area contributed by atoms with Crippen molar-refractivity contribution in [2.45, 2.75) is 55.0 Å². The van der Waals surface area contributed by atoms with Crippen LogP contribution in [0.25, 0.3) is 0 Å². The minimum absolute atomic E-state index is 0.0257. The quantitative estimate of drug-likeness (QED) is 0.502. The van der Waals surface area contributed by atoms with Gasteiger partial charge in [-0.05, 0) is 62.1 Å². The molecule has 0 radical (unpaired) electrons. The van der Waals surface area contributed by atoms with E-state index in [0.29, 0.717) is 43.7 Å². The van der Waals surface area contributed by atoms with Crippen LogP contribution in [-0.2, 0) is 20.7 Å². The van der Waals surface area contributed by atoms with E-state index in [1.54, 1.807) is 21.9 Å². The van der Waals surface area contributed by atoms with Crippen LogP contribution in [0.15, 0.2) is 41.3 Å². The Morgan fingerprint density at radius 1 is 0.949 bits per heavy atom. The van der Waals surface area contributed by atoms with Crippen LogP contribution in [0.3, 0.4) is 0 Å². The second kappa shape index (κ2) is 10.9. The van der Waals surface area contributed by atoms with Crippen molar-refractivity contribution < 1.29 is 22.0 Å². The smallest absolute Gasteiger partial charge is 0.276 e. The summed E-state index contributed by atoms with van der Waals surface area (Å²) in [5.41, 5.74) is 12.2. The molecule has 2 aliphatic heterocycles. The van der Waals surface area contributed by atoms with Gasteiger partial charge < -0.3 is 21.3 Å². The lowest BCUT2D eigenvalue weighted by molar-refractivity contribution is -0.117. The van der Waals surface area contributed by atoms with E-state index in [0.717, 1.165) is 0 Å². The molecule has 3 heterocycles. The number of nitrogens with zero attached hydrogens (tertiary/aromatic N) is 4. The number of nitrogens with two attached hydrogens (primary N) is 2. The lowest BCUT2D eigenvalue weighted by Gasteiger charge is -2.36. The van der Waals surface area contributed by atoms with Crippen molar-refractivity contribution in [3.63, 3.8) is 0 Å². The van der Waals surface area contributed by atoms with Gasteiger partial charge in [0.05, 0.1) is 4.90 Å². The summed E-state index contributed by atoms with van der Waals surface area (Å²) >= 11 is 6.17. The number of halogens is 3. The Morgan fingerprint density at radius 2 is 1.59 bits per heavy atom. The number of carbonyl (C=O) groups is 1. The Labute approximate surface area is 232 Å². The molecule has 0 unspecified atom stereocenters. The zero-order valence-corrected chi connectivity index (χ0v) is 23.1. The van der Waals surface area contributed by atoms with Crippen molar-refractivity contribution >= 4 is 39.0 Å². The van der Waals surface area contributed by atoms with E-state index in [2.05, 4.69) is 4.98 Å². The minimum Gasteiger partial charge on any atom is -0.354 e. The van der Waals surface area contributed by atoms with Crippen LogP contribution < -0.4 is 21.3 Å². The fraction of sp³-hybridized carbons (Fsp3) is 0.538. The van der Waals surface area contributed by atoms with E-state index >= 15 is 8.78 Å². The summed E-state index contributed by atoms with van der Waals surface area (Å²) in [6.45, 7) is 1.25. The van der Waals surface area contributed by atoms with Gasteiger partial charge in [0, 0.05) is 68.4 Å². The Balaban J connectivity index is 1.26. The molecule has 1 aromatic carbocycles. The van der Waals surface area contributed by atoms with Gasteiger partial charge in [-0.1, -0.05) is 11.6 Å². The third-order valence-electron chi connectivity index (χ3n) is 7.95. The van der Waals surface area contributed by atoms with Gasteiger partial charge in [0.2, 0.25) is 15.9 Å². The average Bonchev–Trinajstić information content (AvgIpc) is 3.26. The van der Waals surface area contributed by atoms with Crippen molar-refractivity contribution in [3.05, 3.63) is 47.1 Å². The van der Waals surface area contributed by atoms with Gasteiger partial charge in [-0.2, -0.15) is 4.31 Å². The molecule has 2 saturated heterocycles. The summed E-state index contributed by atoms with van der Waals surface area (Å²) in [4.78, 5) is 19.8. The predicted molar refractivity (Wildman–Crippen MR) is 145 cm³/mol. The standard InChI is InChI=1S/C26H33ClF2N6O3S/c27-23-13-18(26(28,29)17-1-3-19(30)4-2-17)14-24(32-23)33-9-11-34(12-10-33)39(37,38)22-7-5-21(6-8-22)35-16-20(31)15-25(35)36/h5-8,13-14,17,19-20H,1-4,9-12,15-16,30-31H2/t17?,19?,20-/m1/s1. The molecule has 1 amide bonds. The lowest BCUT2D eigenvalue weighted by Crippen LogP contribution is -2.49. The molecular weight excluding hydrogens is 550 g/mol. The van der Waals surface area contributed by atoms with Crippen molar-refractivity contribution in [2.24, 2.45) is 17.4 Å². The van der Waals surface area contributed by atoms with E-state index < -0.39 is 21.9 Å². The number of aromatic nitrogens is 1. The van der Waals surface area contributed by atoms with Crippen molar-refractivity contribution in [1.82, 2.24) is 9.29 Å². The number of sulfonamides is 1. The van der Waals surface area contributed by atoms with Crippen LogP contribution in [0.4, 0.5) is 20.3 Å². The molecule has 1 aromatic heterocycles. The second-order valence-corrected chi connectivity index (χ2v) is 13.0. The zero-order chi connectivity index (χ0) is 27.9. The van der Waals surface area contributed by atoms with Crippen LogP contribution in [0.2, 0.25) is 5.15 Å². The zero-order valence-electron chi connectivity index (χ0n) is 21.5. The Morgan fingerprint density at radius 3 is 2.18 bits per heavy atom. The molecule has 0 spiro atoms. The molecule has 1 aliphatic carbocycles. The van der Waals surface area contributed by atoms with Gasteiger partial charge in [-0.3, -0.25) is 4.79 Å². The molecule has 39 heavy (non-hydrogen) atoms. The maximum absolute atomic E-state index is 15.4. The molecule has 4 N–H and O–H groups in total. The second-order valence-electron chi connectivity index (χ2n) is 10.6. The number of carbonyl (C=O) groups excluding carboxylic acids is 1. The first-order chi connectivity index (χ1) is 18.4. The fourth-order valence-corrected chi connectivity index (χ4v) is 7.27. The average molecular weight is 583 g/mol. The highest BCUT2D eigenvalue weighted by Crippen LogP contribution is 2.44. The molecule has 3 aliphatic rings. The van der Waals surface area contributed by atoms with Gasteiger partial charge in [-0.15, -0.1) is 0 Å². The van der Waals surface area contributed by atoms with Crippen LogP contribution in [0, 0.1) is 5.92 Å². The topological polar surface area (TPSA) is 126 Å². The largest absolute Gasteiger partial charge is 0.354 e. The van der Waals surface area contributed by atoms with E-state index in [1.807, 2.05) is 0 Å². The molecule has 212 valence electrons. The summed E-state index contributed by atoms with van der Waals surface area (Å²) < 4.78 is 58.7. The van der Waals surface area contributed by atoms with Gasteiger partial charge in [-0.25, -0.2) is 22.2 Å². The molecule has 1 atom stereocenters. The van der Waals surface area contributed by atoms with E-state index in [-0.39, 0.29) is 66.2 Å². The first-order valence-corrected chi connectivity index (χ1v) is 15.0. The van der Waals surface area contributed by atoms with E-state index in [1.165, 1.54) is 28.6 Å².